The molecule has 0 aliphatic rings. The van der Waals surface area contributed by atoms with E-state index in [9.17, 15) is 0 Å². The lowest BCUT2D eigenvalue weighted by molar-refractivity contribution is 0.304. The van der Waals surface area contributed by atoms with Crippen LogP contribution in [0.2, 0.25) is 0 Å². The van der Waals surface area contributed by atoms with Crippen molar-refractivity contribution in [3.8, 4) is 5.75 Å². The molecule has 0 spiro atoms. The summed E-state index contributed by atoms with van der Waals surface area (Å²) in [6.07, 6.45) is 11.4. The summed E-state index contributed by atoms with van der Waals surface area (Å²) in [7, 11) is 0. The van der Waals surface area contributed by atoms with Gasteiger partial charge in [0.1, 0.15) is 5.75 Å². The zero-order valence-corrected chi connectivity index (χ0v) is 17.4. The average Bonchev–Trinajstić information content (AvgIpc) is 3.10. The van der Waals surface area contributed by atoms with Crippen molar-refractivity contribution >= 4 is 23.2 Å². The van der Waals surface area contributed by atoms with Crippen LogP contribution in [0.15, 0.2) is 66.2 Å². The van der Waals surface area contributed by atoms with Gasteiger partial charge in [-0.15, -0.1) is 6.58 Å². The van der Waals surface area contributed by atoms with Gasteiger partial charge in [0.05, 0.1) is 17.6 Å². The number of aromatic nitrogens is 2. The summed E-state index contributed by atoms with van der Waals surface area (Å²) in [5.74, 6) is 1.60. The van der Waals surface area contributed by atoms with Crippen molar-refractivity contribution in [3.63, 3.8) is 0 Å². The molecule has 1 aromatic heterocycles. The second kappa shape index (κ2) is 11.2. The highest BCUT2D eigenvalue weighted by Gasteiger charge is 2.07. The number of para-hydroxylation sites is 2. The van der Waals surface area contributed by atoms with E-state index in [4.69, 9.17) is 4.74 Å². The highest BCUT2D eigenvalue weighted by molar-refractivity contribution is 5.83. The Morgan fingerprint density at radius 2 is 1.76 bits per heavy atom. The van der Waals surface area contributed by atoms with Crippen LogP contribution in [0.1, 0.15) is 51.0 Å². The third-order valence-corrected chi connectivity index (χ3v) is 4.92. The maximum absolute atomic E-state index is 5.85. The number of hydrogen-bond acceptors (Lipinski definition) is 3. The maximum atomic E-state index is 5.85. The Kier molecular flexibility index (Phi) is 8.05. The predicted octanol–water partition coefficient (Wildman–Crippen LogP) is 6.71. The minimum Gasteiger partial charge on any atom is -0.494 e. The lowest BCUT2D eigenvalue weighted by atomic mass is 10.1. The van der Waals surface area contributed by atoms with E-state index in [1.807, 2.05) is 54.8 Å². The first-order valence-electron chi connectivity index (χ1n) is 10.6. The molecule has 3 rings (SSSR count). The molecule has 0 radical (unpaired) electrons. The van der Waals surface area contributed by atoms with Crippen molar-refractivity contribution in [1.29, 1.82) is 0 Å². The SMILES string of the molecule is C=CCn1c(/N=C/c2ccc(OCCCCCCCC)cc2)nc2ccccc21. The molecule has 3 aromatic rings. The lowest BCUT2D eigenvalue weighted by Gasteiger charge is -2.06. The van der Waals surface area contributed by atoms with Crippen LogP contribution in [0.25, 0.3) is 11.0 Å². The Labute approximate surface area is 174 Å². The molecule has 1 heterocycles. The molecule has 0 fully saturated rings. The van der Waals surface area contributed by atoms with E-state index >= 15 is 0 Å². The topological polar surface area (TPSA) is 39.4 Å². The zero-order valence-electron chi connectivity index (χ0n) is 17.4. The third kappa shape index (κ3) is 6.05. The van der Waals surface area contributed by atoms with Crippen LogP contribution in [-0.4, -0.2) is 22.4 Å². The number of unbranched alkanes of at least 4 members (excludes halogenated alkanes) is 5. The van der Waals surface area contributed by atoms with Gasteiger partial charge in [-0.05, 0) is 48.4 Å². The largest absolute Gasteiger partial charge is 0.494 e. The predicted molar refractivity (Wildman–Crippen MR) is 122 cm³/mol. The molecule has 4 nitrogen and oxygen atoms in total. The smallest absolute Gasteiger partial charge is 0.230 e. The van der Waals surface area contributed by atoms with Crippen molar-refractivity contribution in [1.82, 2.24) is 9.55 Å². The number of benzene rings is 2. The zero-order chi connectivity index (χ0) is 20.3. The first-order valence-corrected chi connectivity index (χ1v) is 10.6. The molecule has 0 atom stereocenters. The quantitative estimate of drug-likeness (QED) is 0.196. The summed E-state index contributed by atoms with van der Waals surface area (Å²) < 4.78 is 7.92. The number of aliphatic imine (C=N–C) groups is 1. The minimum atomic E-state index is 0.679. The summed E-state index contributed by atoms with van der Waals surface area (Å²) in [5, 5.41) is 0. The van der Waals surface area contributed by atoms with Gasteiger partial charge in [0.2, 0.25) is 5.95 Å². The second-order valence-corrected chi connectivity index (χ2v) is 7.24. The van der Waals surface area contributed by atoms with Crippen molar-refractivity contribution in [3.05, 3.63) is 66.7 Å². The summed E-state index contributed by atoms with van der Waals surface area (Å²) in [6.45, 7) is 7.55. The fraction of sp³-hybridized carbons (Fsp3) is 0.360. The summed E-state index contributed by atoms with van der Waals surface area (Å²) in [5.41, 5.74) is 3.03. The molecule has 0 unspecified atom stereocenters. The van der Waals surface area contributed by atoms with E-state index in [1.165, 1.54) is 32.1 Å². The molecule has 2 aromatic carbocycles. The minimum absolute atomic E-state index is 0.679. The summed E-state index contributed by atoms with van der Waals surface area (Å²) in [4.78, 5) is 9.24. The van der Waals surface area contributed by atoms with Crippen LogP contribution < -0.4 is 4.74 Å². The molecule has 0 N–H and O–H groups in total. The number of hydrogen-bond donors (Lipinski definition) is 0. The first kappa shape index (κ1) is 20.8. The molecule has 0 amide bonds. The molecule has 0 aliphatic carbocycles. The van der Waals surface area contributed by atoms with Gasteiger partial charge in [0, 0.05) is 12.8 Å². The molecular weight excluding hydrogens is 358 g/mol. The van der Waals surface area contributed by atoms with E-state index in [0.29, 0.717) is 12.5 Å². The van der Waals surface area contributed by atoms with E-state index in [1.54, 1.807) is 0 Å². The van der Waals surface area contributed by atoms with Gasteiger partial charge >= 0.3 is 0 Å². The van der Waals surface area contributed by atoms with E-state index < -0.39 is 0 Å². The van der Waals surface area contributed by atoms with Crippen molar-refractivity contribution < 1.29 is 4.74 Å². The Bertz CT molecular complexity index is 925. The number of allylic oxidation sites excluding steroid dienone is 1. The Balaban J connectivity index is 1.56. The molecule has 29 heavy (non-hydrogen) atoms. The number of rotatable bonds is 12. The molecule has 152 valence electrons. The van der Waals surface area contributed by atoms with Crippen molar-refractivity contribution in [2.45, 2.75) is 52.0 Å². The number of ether oxygens (including phenoxy) is 1. The van der Waals surface area contributed by atoms with E-state index in [-0.39, 0.29) is 0 Å². The van der Waals surface area contributed by atoms with Gasteiger partial charge in [0.25, 0.3) is 0 Å². The van der Waals surface area contributed by atoms with E-state index in [2.05, 4.69) is 34.1 Å². The van der Waals surface area contributed by atoms with Gasteiger partial charge in [-0.2, -0.15) is 0 Å². The van der Waals surface area contributed by atoms with Crippen LogP contribution in [-0.2, 0) is 6.54 Å². The highest BCUT2D eigenvalue weighted by Crippen LogP contribution is 2.22. The molecule has 0 bridgehead atoms. The summed E-state index contributed by atoms with van der Waals surface area (Å²) >= 11 is 0. The van der Waals surface area contributed by atoms with Crippen molar-refractivity contribution in [2.24, 2.45) is 4.99 Å². The number of imidazole rings is 1. The normalized spacial score (nSPS) is 11.3. The maximum Gasteiger partial charge on any atom is 0.230 e. The van der Waals surface area contributed by atoms with Gasteiger partial charge in [-0.25, -0.2) is 9.98 Å². The Morgan fingerprint density at radius 1 is 1.00 bits per heavy atom. The lowest BCUT2D eigenvalue weighted by Crippen LogP contribution is -1.97. The van der Waals surface area contributed by atoms with Gasteiger partial charge in [-0.1, -0.05) is 57.2 Å². The Hall–Kier alpha value is -2.88. The second-order valence-electron chi connectivity index (χ2n) is 7.24. The molecule has 4 heteroatoms. The van der Waals surface area contributed by atoms with Gasteiger partial charge in [0.15, 0.2) is 0 Å². The number of nitrogens with zero attached hydrogens (tertiary/aromatic N) is 3. The highest BCUT2D eigenvalue weighted by atomic mass is 16.5. The Morgan fingerprint density at radius 3 is 2.55 bits per heavy atom. The van der Waals surface area contributed by atoms with Crippen LogP contribution in [0, 0.1) is 0 Å². The van der Waals surface area contributed by atoms with Crippen LogP contribution in [0.5, 0.6) is 5.75 Å². The standard InChI is InChI=1S/C25H31N3O/c1-3-5-6-7-8-11-19-29-22-16-14-21(15-17-22)20-26-25-27-23-12-9-10-13-24(23)28(25)18-4-2/h4,9-10,12-17,20H,2-3,5-8,11,18-19H2,1H3/b26-20+. The molecule has 0 saturated heterocycles. The average molecular weight is 390 g/mol. The molecule has 0 saturated carbocycles. The van der Waals surface area contributed by atoms with E-state index in [0.717, 1.165) is 35.4 Å². The fourth-order valence-electron chi connectivity index (χ4n) is 3.33. The summed E-state index contributed by atoms with van der Waals surface area (Å²) in [6, 6.07) is 16.1. The van der Waals surface area contributed by atoms with Crippen LogP contribution in [0.4, 0.5) is 5.95 Å². The van der Waals surface area contributed by atoms with Crippen LogP contribution in [0.3, 0.4) is 0 Å². The number of fused-ring (bicyclic) bond motifs is 1. The third-order valence-electron chi connectivity index (χ3n) is 4.92. The molecular formula is C25H31N3O. The van der Waals surface area contributed by atoms with Crippen LogP contribution >= 0.6 is 0 Å². The van der Waals surface area contributed by atoms with Gasteiger partial charge in [-0.3, -0.25) is 0 Å². The first-order chi connectivity index (χ1) is 14.3. The fourth-order valence-corrected chi connectivity index (χ4v) is 3.33. The monoisotopic (exact) mass is 389 g/mol. The van der Waals surface area contributed by atoms with Gasteiger partial charge < -0.3 is 9.30 Å². The van der Waals surface area contributed by atoms with Crippen molar-refractivity contribution in [2.75, 3.05) is 6.61 Å². The molecule has 0 aliphatic heterocycles.